The van der Waals surface area contributed by atoms with Crippen LogP contribution in [0.4, 0.5) is 14.6 Å². The van der Waals surface area contributed by atoms with Crippen LogP contribution >= 0.6 is 11.8 Å². The summed E-state index contributed by atoms with van der Waals surface area (Å²) in [6.07, 6.45) is 1.09. The number of anilines is 1. The van der Waals surface area contributed by atoms with Crippen molar-refractivity contribution in [2.24, 2.45) is 0 Å². The monoisotopic (exact) mass is 476 g/mol. The van der Waals surface area contributed by atoms with Crippen LogP contribution < -0.4 is 5.32 Å². The molecular weight excluding hydrogens is 454 g/mol. The minimum Gasteiger partial charge on any atom is -0.479 e. The molecule has 1 aromatic carbocycles. The van der Waals surface area contributed by atoms with Crippen molar-refractivity contribution in [1.29, 1.82) is 0 Å². The zero-order valence-electron chi connectivity index (χ0n) is 17.7. The van der Waals surface area contributed by atoms with E-state index in [-0.39, 0.29) is 31.0 Å². The van der Waals surface area contributed by atoms with Crippen molar-refractivity contribution < 1.29 is 23.4 Å². The van der Waals surface area contributed by atoms with Crippen LogP contribution in [-0.4, -0.2) is 60.5 Å². The smallest absolute Gasteiger partial charge is 0.332 e. The number of carboxylic acids is 1. The van der Waals surface area contributed by atoms with Crippen LogP contribution in [0.1, 0.15) is 43.7 Å². The van der Waals surface area contributed by atoms with Crippen LogP contribution in [0.2, 0.25) is 0 Å². The maximum absolute atomic E-state index is 13.6. The maximum Gasteiger partial charge on any atom is 0.332 e. The van der Waals surface area contributed by atoms with E-state index < -0.39 is 23.7 Å². The Kier molecular flexibility index (Phi) is 5.87. The van der Waals surface area contributed by atoms with Crippen LogP contribution in [-0.2, 0) is 9.53 Å². The fourth-order valence-corrected chi connectivity index (χ4v) is 4.70. The lowest BCUT2D eigenvalue weighted by Crippen LogP contribution is -2.18. The van der Waals surface area contributed by atoms with Gasteiger partial charge in [0.15, 0.2) is 39.9 Å². The number of hydrogen-bond donors (Lipinski definition) is 2. The van der Waals surface area contributed by atoms with Crippen molar-refractivity contribution in [2.45, 2.75) is 55.4 Å². The van der Waals surface area contributed by atoms with E-state index in [0.717, 1.165) is 30.2 Å². The first-order valence-corrected chi connectivity index (χ1v) is 11.7. The van der Waals surface area contributed by atoms with Gasteiger partial charge in [0.25, 0.3) is 0 Å². The second-order valence-corrected chi connectivity index (χ2v) is 9.29. The topological polar surface area (TPSA) is 115 Å². The lowest BCUT2D eigenvalue weighted by Gasteiger charge is -2.11. The number of rotatable bonds is 8. The number of aliphatic carboxylic acids is 1. The van der Waals surface area contributed by atoms with Crippen LogP contribution in [0.5, 0.6) is 0 Å². The molecule has 2 N–H and O–H groups in total. The van der Waals surface area contributed by atoms with Crippen LogP contribution in [0.25, 0.3) is 11.2 Å². The number of fused-ring (bicyclic) bond motifs is 1. The molecule has 1 saturated heterocycles. The maximum atomic E-state index is 13.6. The molecule has 0 spiro atoms. The Morgan fingerprint density at radius 3 is 2.88 bits per heavy atom. The first-order valence-electron chi connectivity index (χ1n) is 10.8. The first kappa shape index (κ1) is 22.0. The number of nitrogens with one attached hydrogen (secondary N) is 1. The summed E-state index contributed by atoms with van der Waals surface area (Å²) >= 11 is 1.51. The highest BCUT2D eigenvalue weighted by Crippen LogP contribution is 2.43. The predicted molar refractivity (Wildman–Crippen MR) is 116 cm³/mol. The Bertz CT molecular complexity index is 1210. The van der Waals surface area contributed by atoms with E-state index in [2.05, 4.69) is 32.5 Å². The van der Waals surface area contributed by atoms with Crippen LogP contribution in [0.15, 0.2) is 23.4 Å². The molecule has 0 amide bonds. The van der Waals surface area contributed by atoms with Crippen LogP contribution in [0, 0.1) is 11.6 Å². The zero-order chi connectivity index (χ0) is 23.1. The summed E-state index contributed by atoms with van der Waals surface area (Å²) in [5, 5.41) is 21.7. The molecule has 3 heterocycles. The SMILES string of the molecule is CCCSc1nc(N[C@@H]2C[C@H]2c2ccc(F)c(F)c2)c2nnn(C3COC(C(=O)O)C3)c2n1. The zero-order valence-corrected chi connectivity index (χ0v) is 18.6. The van der Waals surface area contributed by atoms with Crippen molar-refractivity contribution in [1.82, 2.24) is 25.0 Å². The van der Waals surface area contributed by atoms with Gasteiger partial charge < -0.3 is 15.2 Å². The quantitative estimate of drug-likeness (QED) is 0.373. The molecule has 2 fully saturated rings. The lowest BCUT2D eigenvalue weighted by molar-refractivity contribution is -0.147. The number of benzene rings is 1. The van der Waals surface area contributed by atoms with Gasteiger partial charge in [0, 0.05) is 24.1 Å². The average Bonchev–Trinajstić information content (AvgIpc) is 3.19. The summed E-state index contributed by atoms with van der Waals surface area (Å²) in [5.74, 6) is -1.34. The molecule has 9 nitrogen and oxygen atoms in total. The number of thioether (sulfide) groups is 1. The standard InChI is InChI=1S/C21H22F2N6O3S/c1-2-5-33-21-25-18(24-15-8-12(15)10-3-4-13(22)14(23)6-10)17-19(26-21)29(28-27-17)11-7-16(20(30)31)32-9-11/h3-4,6,11-12,15-16H,2,5,7-9H2,1H3,(H,30,31)(H,24,25,26)/t11?,12-,15+,16?/m0/s1. The molecule has 1 aliphatic carbocycles. The van der Waals surface area contributed by atoms with Gasteiger partial charge in [-0.2, -0.15) is 0 Å². The molecule has 1 aliphatic heterocycles. The summed E-state index contributed by atoms with van der Waals surface area (Å²) < 4.78 is 33.9. The molecule has 3 aromatic rings. The number of carbonyl (C=O) groups is 1. The molecule has 0 radical (unpaired) electrons. The molecule has 0 bridgehead atoms. The number of hydrogen-bond acceptors (Lipinski definition) is 8. The lowest BCUT2D eigenvalue weighted by atomic mass is 10.1. The average molecular weight is 477 g/mol. The molecule has 33 heavy (non-hydrogen) atoms. The summed E-state index contributed by atoms with van der Waals surface area (Å²) in [7, 11) is 0. The van der Waals surface area contributed by atoms with Gasteiger partial charge in [0.05, 0.1) is 12.6 Å². The Balaban J connectivity index is 1.42. The van der Waals surface area contributed by atoms with E-state index in [0.29, 0.717) is 22.1 Å². The molecule has 5 rings (SSSR count). The normalized spacial score (nSPS) is 24.3. The second-order valence-electron chi connectivity index (χ2n) is 8.23. The Hall–Kier alpha value is -2.86. The summed E-state index contributed by atoms with van der Waals surface area (Å²) in [6.45, 7) is 2.27. The minimum absolute atomic E-state index is 0.00617. The van der Waals surface area contributed by atoms with E-state index in [1.54, 1.807) is 10.7 Å². The number of ether oxygens (including phenoxy) is 1. The number of aromatic nitrogens is 5. The number of nitrogens with zero attached hydrogens (tertiary/aromatic N) is 5. The third-order valence-corrected chi connectivity index (χ3v) is 6.87. The van der Waals surface area contributed by atoms with Crippen LogP contribution in [0.3, 0.4) is 0 Å². The van der Waals surface area contributed by atoms with Crippen molar-refractivity contribution in [3.8, 4) is 0 Å². The van der Waals surface area contributed by atoms with E-state index in [4.69, 9.17) is 4.74 Å². The third kappa shape index (κ3) is 4.36. The Labute approximate surface area is 191 Å². The Morgan fingerprint density at radius 1 is 1.30 bits per heavy atom. The largest absolute Gasteiger partial charge is 0.479 e. The molecule has 2 aliphatic rings. The fourth-order valence-electron chi connectivity index (χ4n) is 4.01. The van der Waals surface area contributed by atoms with Gasteiger partial charge in [-0.15, -0.1) is 5.10 Å². The second kappa shape index (κ2) is 8.82. The molecule has 1 saturated carbocycles. The van der Waals surface area contributed by atoms with E-state index >= 15 is 0 Å². The van der Waals surface area contributed by atoms with Gasteiger partial charge in [-0.25, -0.2) is 28.2 Å². The highest BCUT2D eigenvalue weighted by atomic mass is 32.2. The summed E-state index contributed by atoms with van der Waals surface area (Å²) in [5.41, 5.74) is 1.71. The number of halogens is 2. The first-order chi connectivity index (χ1) is 15.9. The van der Waals surface area contributed by atoms with E-state index in [1.807, 2.05) is 0 Å². The Morgan fingerprint density at radius 2 is 2.15 bits per heavy atom. The van der Waals surface area contributed by atoms with Gasteiger partial charge >= 0.3 is 5.97 Å². The third-order valence-electron chi connectivity index (χ3n) is 5.82. The highest BCUT2D eigenvalue weighted by molar-refractivity contribution is 7.99. The predicted octanol–water partition coefficient (Wildman–Crippen LogP) is 3.38. The van der Waals surface area contributed by atoms with E-state index in [1.165, 1.54) is 17.8 Å². The van der Waals surface area contributed by atoms with Crippen molar-refractivity contribution >= 4 is 34.7 Å². The van der Waals surface area contributed by atoms with Crippen molar-refractivity contribution in [3.63, 3.8) is 0 Å². The molecule has 174 valence electrons. The number of carboxylic acid groups (broad SMARTS) is 1. The van der Waals surface area contributed by atoms with Gasteiger partial charge in [0.2, 0.25) is 0 Å². The summed E-state index contributed by atoms with van der Waals surface area (Å²) in [6, 6.07) is 3.67. The van der Waals surface area contributed by atoms with Gasteiger partial charge in [-0.3, -0.25) is 0 Å². The molecule has 4 atom stereocenters. The summed E-state index contributed by atoms with van der Waals surface area (Å²) in [4.78, 5) is 20.5. The van der Waals surface area contributed by atoms with Gasteiger partial charge in [0.1, 0.15) is 0 Å². The fraction of sp³-hybridized carbons (Fsp3) is 0.476. The molecule has 12 heteroatoms. The van der Waals surface area contributed by atoms with Gasteiger partial charge in [-0.1, -0.05) is 30.0 Å². The highest BCUT2D eigenvalue weighted by Gasteiger charge is 2.40. The van der Waals surface area contributed by atoms with Crippen molar-refractivity contribution in [2.75, 3.05) is 17.7 Å². The minimum atomic E-state index is -1.00. The molecule has 2 aromatic heterocycles. The molecular formula is C21H22F2N6O3S. The van der Waals surface area contributed by atoms with Crippen molar-refractivity contribution in [3.05, 3.63) is 35.4 Å². The van der Waals surface area contributed by atoms with E-state index in [9.17, 15) is 18.7 Å². The molecule has 2 unspecified atom stereocenters. The van der Waals surface area contributed by atoms with Gasteiger partial charge in [-0.05, 0) is 30.5 Å².